The van der Waals surface area contributed by atoms with Crippen LogP contribution in [0.3, 0.4) is 0 Å². The fourth-order valence-electron chi connectivity index (χ4n) is 3.00. The number of aryl methyl sites for hydroxylation is 1. The summed E-state index contributed by atoms with van der Waals surface area (Å²) in [5.41, 5.74) is 1.02. The fourth-order valence-corrected chi connectivity index (χ4v) is 3.00. The third-order valence-electron chi connectivity index (χ3n) is 4.57. The highest BCUT2D eigenvalue weighted by Crippen LogP contribution is 2.14. The molecule has 0 aliphatic carbocycles. The molecule has 0 heterocycles. The molecule has 0 bridgehead atoms. The van der Waals surface area contributed by atoms with Gasteiger partial charge in [0.05, 0.1) is 13.2 Å². The van der Waals surface area contributed by atoms with Crippen molar-refractivity contribution in [1.29, 1.82) is 0 Å². The Kier molecular flexibility index (Phi) is 12.4. The van der Waals surface area contributed by atoms with Gasteiger partial charge in [0.2, 0.25) is 0 Å². The van der Waals surface area contributed by atoms with Crippen molar-refractivity contribution >= 4 is 17.8 Å². The van der Waals surface area contributed by atoms with Gasteiger partial charge >= 0.3 is 24.0 Å². The van der Waals surface area contributed by atoms with Crippen molar-refractivity contribution in [1.82, 2.24) is 10.6 Å². The lowest BCUT2D eigenvalue weighted by atomic mass is 10.0. The number of hydrogen-bond donors (Lipinski definition) is 2. The summed E-state index contributed by atoms with van der Waals surface area (Å²) in [6.45, 7) is 3.49. The van der Waals surface area contributed by atoms with Crippen molar-refractivity contribution in [3.63, 3.8) is 0 Å². The average Bonchev–Trinajstić information content (AvgIpc) is 2.75. The van der Waals surface area contributed by atoms with E-state index in [1.807, 2.05) is 30.3 Å². The number of alkyl halides is 3. The molecule has 0 spiro atoms. The maximum atomic E-state index is 12.4. The summed E-state index contributed by atoms with van der Waals surface area (Å²) in [4.78, 5) is 35.7. The lowest BCUT2D eigenvalue weighted by molar-refractivity contribution is -0.173. The number of benzene rings is 1. The number of rotatable bonds is 14. The minimum absolute atomic E-state index is 0.146. The maximum Gasteiger partial charge on any atom is 0.471 e. The van der Waals surface area contributed by atoms with Gasteiger partial charge in [0.1, 0.15) is 12.1 Å². The second-order valence-electron chi connectivity index (χ2n) is 7.05. The van der Waals surface area contributed by atoms with E-state index in [1.165, 1.54) is 0 Å². The van der Waals surface area contributed by atoms with Crippen LogP contribution in [0.4, 0.5) is 13.2 Å². The third-order valence-corrected chi connectivity index (χ3v) is 4.57. The van der Waals surface area contributed by atoms with E-state index in [0.29, 0.717) is 19.3 Å². The van der Waals surface area contributed by atoms with Crippen LogP contribution in [0.25, 0.3) is 0 Å². The van der Waals surface area contributed by atoms with E-state index in [2.05, 4.69) is 5.32 Å². The smallest absolute Gasteiger partial charge is 0.465 e. The number of ether oxygens (including phenoxy) is 2. The predicted molar refractivity (Wildman–Crippen MR) is 112 cm³/mol. The number of carbonyl (C=O) groups excluding carboxylic acids is 3. The van der Waals surface area contributed by atoms with Crippen LogP contribution in [0, 0.1) is 0 Å². The SMILES string of the molecule is CCOC(=O)C(CCc1ccccc1)N[C@@H](CCCCNC(=O)C(F)(F)F)C(=O)OCC. The second-order valence-corrected chi connectivity index (χ2v) is 7.05. The number of amides is 1. The van der Waals surface area contributed by atoms with E-state index in [4.69, 9.17) is 9.47 Å². The van der Waals surface area contributed by atoms with Crippen LogP contribution >= 0.6 is 0 Å². The van der Waals surface area contributed by atoms with E-state index < -0.39 is 36.1 Å². The van der Waals surface area contributed by atoms with Crippen LogP contribution < -0.4 is 10.6 Å². The first-order valence-corrected chi connectivity index (χ1v) is 10.7. The molecule has 1 rings (SSSR count). The van der Waals surface area contributed by atoms with Gasteiger partial charge in [0.15, 0.2) is 0 Å². The molecule has 0 aliphatic heterocycles. The Morgan fingerprint density at radius 3 is 2.00 bits per heavy atom. The first kappa shape index (κ1) is 27.4. The van der Waals surface area contributed by atoms with Gasteiger partial charge in [-0.25, -0.2) is 0 Å². The van der Waals surface area contributed by atoms with Crippen LogP contribution in [0.2, 0.25) is 0 Å². The summed E-state index contributed by atoms with van der Waals surface area (Å²) in [6.07, 6.45) is -3.17. The highest BCUT2D eigenvalue weighted by Gasteiger charge is 2.38. The standard InChI is InChI=1S/C22H31F3N2O5/c1-3-31-19(28)17(12-8-9-15-26-21(30)22(23,24)25)27-18(20(29)32-4-2)14-13-16-10-6-5-7-11-16/h5-7,10-11,17-18,27H,3-4,8-9,12-15H2,1-2H3,(H,26,30)/t17-,18?/m0/s1. The Hall–Kier alpha value is -2.62. The quantitative estimate of drug-likeness (QED) is 0.328. The lowest BCUT2D eigenvalue weighted by Crippen LogP contribution is -2.48. The van der Waals surface area contributed by atoms with E-state index >= 15 is 0 Å². The van der Waals surface area contributed by atoms with Crippen LogP contribution in [0.15, 0.2) is 30.3 Å². The number of unbranched alkanes of at least 4 members (excludes halogenated alkanes) is 1. The summed E-state index contributed by atoms with van der Waals surface area (Å²) in [5, 5.41) is 4.79. The monoisotopic (exact) mass is 460 g/mol. The van der Waals surface area contributed by atoms with Crippen LogP contribution in [0.5, 0.6) is 0 Å². The molecule has 10 heteroatoms. The molecule has 2 N–H and O–H groups in total. The van der Waals surface area contributed by atoms with Gasteiger partial charge in [-0.3, -0.25) is 19.7 Å². The first-order valence-electron chi connectivity index (χ1n) is 10.7. The third kappa shape index (κ3) is 10.6. The van der Waals surface area contributed by atoms with E-state index in [1.54, 1.807) is 19.2 Å². The molecule has 2 atom stereocenters. The van der Waals surface area contributed by atoms with Gasteiger partial charge in [-0.05, 0) is 51.5 Å². The van der Waals surface area contributed by atoms with Gasteiger partial charge in [0, 0.05) is 6.54 Å². The Bertz CT molecular complexity index is 713. The van der Waals surface area contributed by atoms with Gasteiger partial charge in [-0.2, -0.15) is 13.2 Å². The Morgan fingerprint density at radius 2 is 1.47 bits per heavy atom. The number of nitrogens with one attached hydrogen (secondary N) is 2. The molecular weight excluding hydrogens is 429 g/mol. The van der Waals surface area contributed by atoms with Crippen LogP contribution in [-0.2, 0) is 30.3 Å². The molecule has 32 heavy (non-hydrogen) atoms. The molecule has 7 nitrogen and oxygen atoms in total. The Balaban J connectivity index is 2.70. The molecule has 0 saturated heterocycles. The van der Waals surface area contributed by atoms with Gasteiger partial charge in [-0.1, -0.05) is 30.3 Å². The zero-order valence-corrected chi connectivity index (χ0v) is 18.4. The normalized spacial score (nSPS) is 13.2. The summed E-state index contributed by atoms with van der Waals surface area (Å²) in [7, 11) is 0. The summed E-state index contributed by atoms with van der Waals surface area (Å²) >= 11 is 0. The average molecular weight is 460 g/mol. The molecule has 0 saturated carbocycles. The van der Waals surface area contributed by atoms with Crippen LogP contribution in [0.1, 0.15) is 45.1 Å². The van der Waals surface area contributed by atoms with Gasteiger partial charge in [-0.15, -0.1) is 0 Å². The lowest BCUT2D eigenvalue weighted by Gasteiger charge is -2.23. The van der Waals surface area contributed by atoms with Crippen LogP contribution in [-0.4, -0.2) is 55.9 Å². The van der Waals surface area contributed by atoms with E-state index in [9.17, 15) is 27.6 Å². The molecular formula is C22H31F3N2O5. The van der Waals surface area contributed by atoms with Gasteiger partial charge < -0.3 is 14.8 Å². The summed E-state index contributed by atoms with van der Waals surface area (Å²) < 4.78 is 46.9. The Morgan fingerprint density at radius 1 is 0.906 bits per heavy atom. The topological polar surface area (TPSA) is 93.7 Å². The van der Waals surface area contributed by atoms with Gasteiger partial charge in [0.25, 0.3) is 0 Å². The number of carbonyl (C=O) groups is 3. The largest absolute Gasteiger partial charge is 0.471 e. The zero-order chi connectivity index (χ0) is 24.0. The van der Waals surface area contributed by atoms with Crippen molar-refractivity contribution in [2.75, 3.05) is 19.8 Å². The number of esters is 2. The number of hydrogen-bond acceptors (Lipinski definition) is 6. The number of halogens is 3. The first-order chi connectivity index (χ1) is 15.2. The minimum atomic E-state index is -4.93. The summed E-state index contributed by atoms with van der Waals surface area (Å²) in [5.74, 6) is -3.04. The Labute approximate surface area is 186 Å². The highest BCUT2D eigenvalue weighted by atomic mass is 19.4. The molecule has 0 aromatic heterocycles. The highest BCUT2D eigenvalue weighted by molar-refractivity contribution is 5.81. The second kappa shape index (κ2) is 14.4. The zero-order valence-electron chi connectivity index (χ0n) is 18.4. The predicted octanol–water partition coefficient (Wildman–Crippen LogP) is 2.92. The molecule has 0 radical (unpaired) electrons. The maximum absolute atomic E-state index is 12.4. The fraction of sp³-hybridized carbons (Fsp3) is 0.591. The van der Waals surface area contributed by atoms with Crippen molar-refractivity contribution in [2.24, 2.45) is 0 Å². The summed E-state index contributed by atoms with van der Waals surface area (Å²) in [6, 6.07) is 7.94. The molecule has 1 amide bonds. The van der Waals surface area contributed by atoms with Crippen molar-refractivity contribution in [3.8, 4) is 0 Å². The molecule has 0 aliphatic rings. The molecule has 1 aromatic rings. The molecule has 180 valence electrons. The van der Waals surface area contributed by atoms with Crippen molar-refractivity contribution < 1.29 is 37.0 Å². The molecule has 0 fully saturated rings. The van der Waals surface area contributed by atoms with E-state index in [0.717, 1.165) is 5.56 Å². The minimum Gasteiger partial charge on any atom is -0.465 e. The van der Waals surface area contributed by atoms with Crippen molar-refractivity contribution in [3.05, 3.63) is 35.9 Å². The van der Waals surface area contributed by atoms with E-state index in [-0.39, 0.29) is 32.6 Å². The molecule has 1 aromatic carbocycles. The van der Waals surface area contributed by atoms with Crippen molar-refractivity contribution in [2.45, 2.75) is 64.2 Å². The molecule has 1 unspecified atom stereocenters.